The summed E-state index contributed by atoms with van der Waals surface area (Å²) < 4.78 is 18.7. The second-order valence-corrected chi connectivity index (χ2v) is 8.67. The zero-order chi connectivity index (χ0) is 27.2. The summed E-state index contributed by atoms with van der Waals surface area (Å²) in [5.74, 6) is 1.30. The maximum Gasteiger partial charge on any atom is 0.269 e. The highest BCUT2D eigenvalue weighted by atomic mass is 16.6. The number of nitro groups is 1. The van der Waals surface area contributed by atoms with Crippen molar-refractivity contribution < 1.29 is 23.9 Å². The Morgan fingerprint density at radius 1 is 0.872 bits per heavy atom. The average Bonchev–Trinajstić information content (AvgIpc) is 3.33. The molecule has 0 N–H and O–H groups in total. The Morgan fingerprint density at radius 3 is 2.26 bits per heavy atom. The number of fused-ring (bicyclic) bond motifs is 1. The molecule has 1 aromatic heterocycles. The first-order valence-electron chi connectivity index (χ1n) is 12.2. The zero-order valence-corrected chi connectivity index (χ0v) is 21.2. The maximum atomic E-state index is 12.9. The van der Waals surface area contributed by atoms with Crippen molar-refractivity contribution in [3.63, 3.8) is 0 Å². The van der Waals surface area contributed by atoms with E-state index < -0.39 is 4.92 Å². The summed E-state index contributed by atoms with van der Waals surface area (Å²) in [6, 6.07) is 28.8. The first kappa shape index (κ1) is 25.5. The summed E-state index contributed by atoms with van der Waals surface area (Å²) >= 11 is 0. The number of hydrogen-bond donors (Lipinski definition) is 0. The van der Waals surface area contributed by atoms with E-state index in [4.69, 9.17) is 14.2 Å². The lowest BCUT2D eigenvalue weighted by atomic mass is 10.0. The third-order valence-corrected chi connectivity index (χ3v) is 6.20. The van der Waals surface area contributed by atoms with Gasteiger partial charge in [0.05, 0.1) is 29.5 Å². The fraction of sp³-hybridized carbons (Fsp3) is 0.133. The molecule has 39 heavy (non-hydrogen) atoms. The van der Waals surface area contributed by atoms with E-state index in [9.17, 15) is 14.9 Å². The van der Waals surface area contributed by atoms with Crippen molar-refractivity contribution in [1.29, 1.82) is 0 Å². The normalized spacial score (nSPS) is 10.8. The van der Waals surface area contributed by atoms with Crippen LogP contribution in [0.25, 0.3) is 22.0 Å². The molecule has 0 unspecified atom stereocenters. The van der Waals surface area contributed by atoms with Crippen LogP contribution in [0.15, 0.2) is 97.1 Å². The van der Waals surface area contributed by atoms with Gasteiger partial charge in [-0.3, -0.25) is 19.6 Å². The Hall–Kier alpha value is -5.18. The molecule has 0 aliphatic rings. The first-order chi connectivity index (χ1) is 19.0. The SMILES string of the molecule is COc1ccc2c(c1)c(OCC(=O)c1ccc(-c3ccccc3)cc1)nn2CCOc1ccc([N+](=O)[O-])cc1. The highest BCUT2D eigenvalue weighted by Gasteiger charge is 2.16. The molecule has 1 heterocycles. The predicted octanol–water partition coefficient (Wildman–Crippen LogP) is 5.96. The minimum atomic E-state index is -0.458. The number of carbonyl (C=O) groups is 1. The minimum absolute atomic E-state index is 0.00200. The van der Waals surface area contributed by atoms with Crippen LogP contribution in [0.4, 0.5) is 5.69 Å². The topological polar surface area (TPSA) is 106 Å². The molecule has 5 rings (SSSR count). The molecule has 5 aromatic rings. The van der Waals surface area contributed by atoms with Crippen LogP contribution in [0.5, 0.6) is 17.4 Å². The van der Waals surface area contributed by atoms with Gasteiger partial charge in [-0.05, 0) is 41.5 Å². The van der Waals surface area contributed by atoms with Crippen molar-refractivity contribution in [2.45, 2.75) is 6.54 Å². The third-order valence-electron chi connectivity index (χ3n) is 6.20. The first-order valence-corrected chi connectivity index (χ1v) is 12.2. The van der Waals surface area contributed by atoms with E-state index in [0.717, 1.165) is 16.6 Å². The van der Waals surface area contributed by atoms with Crippen LogP contribution in [-0.2, 0) is 6.54 Å². The number of ketones is 1. The van der Waals surface area contributed by atoms with E-state index in [0.29, 0.717) is 34.9 Å². The van der Waals surface area contributed by atoms with Crippen molar-refractivity contribution in [2.75, 3.05) is 20.3 Å². The summed E-state index contributed by atoms with van der Waals surface area (Å²) in [7, 11) is 1.58. The molecule has 0 amide bonds. The number of methoxy groups -OCH3 is 1. The van der Waals surface area contributed by atoms with Gasteiger partial charge in [0.25, 0.3) is 5.69 Å². The van der Waals surface area contributed by atoms with E-state index in [1.807, 2.05) is 60.7 Å². The molecular formula is C30H25N3O6. The number of rotatable bonds is 11. The monoisotopic (exact) mass is 523 g/mol. The summed E-state index contributed by atoms with van der Waals surface area (Å²) in [6.07, 6.45) is 0. The number of Topliss-reactive ketones (excluding diaryl/α,β-unsaturated/α-hetero) is 1. The highest BCUT2D eigenvalue weighted by molar-refractivity contribution is 5.98. The fourth-order valence-corrected chi connectivity index (χ4v) is 4.14. The van der Waals surface area contributed by atoms with Gasteiger partial charge in [0, 0.05) is 17.7 Å². The smallest absolute Gasteiger partial charge is 0.269 e. The Balaban J connectivity index is 1.27. The van der Waals surface area contributed by atoms with Crippen LogP contribution in [0.2, 0.25) is 0 Å². The number of aromatic nitrogens is 2. The fourth-order valence-electron chi connectivity index (χ4n) is 4.14. The number of non-ortho nitro benzene ring substituents is 1. The van der Waals surface area contributed by atoms with E-state index >= 15 is 0 Å². The van der Waals surface area contributed by atoms with E-state index in [1.54, 1.807) is 36.1 Å². The molecule has 0 aliphatic carbocycles. The standard InChI is InChI=1S/C30H25N3O6/c1-37-26-15-16-28-27(19-26)30(31-32(28)17-18-38-25-13-11-24(12-14-25)33(35)36)39-20-29(34)23-9-7-22(8-10-23)21-5-3-2-4-6-21/h2-16,19H,17-18,20H2,1H3. The van der Waals surface area contributed by atoms with E-state index in [-0.39, 0.29) is 24.7 Å². The summed E-state index contributed by atoms with van der Waals surface area (Å²) in [5.41, 5.74) is 3.44. The number of hydrogen-bond acceptors (Lipinski definition) is 7. The second-order valence-electron chi connectivity index (χ2n) is 8.67. The molecule has 4 aromatic carbocycles. The summed E-state index contributed by atoms with van der Waals surface area (Å²) in [4.78, 5) is 23.3. The van der Waals surface area contributed by atoms with Crippen molar-refractivity contribution in [1.82, 2.24) is 9.78 Å². The van der Waals surface area contributed by atoms with Gasteiger partial charge in [-0.2, -0.15) is 0 Å². The maximum absolute atomic E-state index is 12.9. The van der Waals surface area contributed by atoms with Gasteiger partial charge in [-0.1, -0.05) is 54.6 Å². The van der Waals surface area contributed by atoms with Crippen LogP contribution in [0.1, 0.15) is 10.4 Å². The van der Waals surface area contributed by atoms with E-state index in [1.165, 1.54) is 12.1 Å². The number of nitro benzene ring substituents is 1. The number of benzene rings is 4. The lowest BCUT2D eigenvalue weighted by Crippen LogP contribution is -2.13. The summed E-state index contributed by atoms with van der Waals surface area (Å²) in [5, 5.41) is 16.1. The van der Waals surface area contributed by atoms with Crippen LogP contribution < -0.4 is 14.2 Å². The quantitative estimate of drug-likeness (QED) is 0.119. The Labute approximate surface area is 224 Å². The average molecular weight is 524 g/mol. The van der Waals surface area contributed by atoms with E-state index in [2.05, 4.69) is 5.10 Å². The molecular weight excluding hydrogens is 498 g/mol. The number of ether oxygens (including phenoxy) is 3. The van der Waals surface area contributed by atoms with Gasteiger partial charge in [-0.15, -0.1) is 5.10 Å². The second kappa shape index (κ2) is 11.5. The minimum Gasteiger partial charge on any atom is -0.497 e. The van der Waals surface area contributed by atoms with Crippen LogP contribution >= 0.6 is 0 Å². The van der Waals surface area contributed by atoms with Gasteiger partial charge in [0.15, 0.2) is 12.4 Å². The molecule has 0 aliphatic heterocycles. The zero-order valence-electron chi connectivity index (χ0n) is 21.2. The van der Waals surface area contributed by atoms with Crippen molar-refractivity contribution in [2.24, 2.45) is 0 Å². The van der Waals surface area contributed by atoms with Crippen molar-refractivity contribution >= 4 is 22.4 Å². The van der Waals surface area contributed by atoms with Gasteiger partial charge >= 0.3 is 0 Å². The Kier molecular flexibility index (Phi) is 7.49. The molecule has 196 valence electrons. The third kappa shape index (κ3) is 5.88. The van der Waals surface area contributed by atoms with Crippen molar-refractivity contribution in [3.05, 3.63) is 113 Å². The molecule has 0 saturated carbocycles. The number of nitrogens with zero attached hydrogens (tertiary/aromatic N) is 3. The molecule has 0 radical (unpaired) electrons. The molecule has 0 fully saturated rings. The van der Waals surface area contributed by atoms with Gasteiger partial charge in [0.1, 0.15) is 18.1 Å². The molecule has 9 nitrogen and oxygen atoms in total. The summed E-state index contributed by atoms with van der Waals surface area (Å²) in [6.45, 7) is 0.484. The molecule has 0 saturated heterocycles. The molecule has 0 atom stereocenters. The van der Waals surface area contributed by atoms with Gasteiger partial charge in [-0.25, -0.2) is 0 Å². The van der Waals surface area contributed by atoms with Crippen LogP contribution in [0.3, 0.4) is 0 Å². The molecule has 9 heteroatoms. The van der Waals surface area contributed by atoms with Gasteiger partial charge < -0.3 is 14.2 Å². The van der Waals surface area contributed by atoms with Gasteiger partial charge in [0.2, 0.25) is 5.88 Å². The highest BCUT2D eigenvalue weighted by Crippen LogP contribution is 2.29. The van der Waals surface area contributed by atoms with Crippen molar-refractivity contribution in [3.8, 4) is 28.5 Å². The lowest BCUT2D eigenvalue weighted by molar-refractivity contribution is -0.384. The Bertz CT molecular complexity index is 1600. The largest absolute Gasteiger partial charge is 0.497 e. The molecule has 0 spiro atoms. The Morgan fingerprint density at radius 2 is 1.56 bits per heavy atom. The molecule has 0 bridgehead atoms. The number of carbonyl (C=O) groups excluding carboxylic acids is 1. The van der Waals surface area contributed by atoms with Crippen LogP contribution in [-0.4, -0.2) is 40.8 Å². The lowest BCUT2D eigenvalue weighted by Gasteiger charge is -2.07. The van der Waals surface area contributed by atoms with Crippen LogP contribution in [0, 0.1) is 10.1 Å². The predicted molar refractivity (Wildman–Crippen MR) is 147 cm³/mol.